The molecule has 0 unspecified atom stereocenters. The number of thioether (sulfide) groups is 1. The zero-order valence-electron chi connectivity index (χ0n) is 14.0. The fourth-order valence-corrected chi connectivity index (χ4v) is 2.71. The molecule has 0 radical (unpaired) electrons. The first-order chi connectivity index (χ1) is 11.1. The van der Waals surface area contributed by atoms with Crippen LogP contribution in [0.5, 0.6) is 0 Å². The van der Waals surface area contributed by atoms with Crippen molar-refractivity contribution in [2.45, 2.75) is 31.6 Å². The standard InChI is InChI=1S/C17H25N3OS2/c1-17(2,22-3)13-20-16(19-12-15-7-5-11-23-15)18-9-8-14-6-4-10-21-14/h4-7,10-11H,8-9,12-13H2,1-3H3,(H2,18,19,20). The smallest absolute Gasteiger partial charge is 0.191 e. The Morgan fingerprint density at radius 2 is 2.17 bits per heavy atom. The van der Waals surface area contributed by atoms with Gasteiger partial charge in [0.05, 0.1) is 12.8 Å². The van der Waals surface area contributed by atoms with Crippen molar-refractivity contribution < 1.29 is 4.42 Å². The highest BCUT2D eigenvalue weighted by molar-refractivity contribution is 7.99. The van der Waals surface area contributed by atoms with Gasteiger partial charge in [-0.25, -0.2) is 4.99 Å². The zero-order chi connectivity index (χ0) is 16.5. The lowest BCUT2D eigenvalue weighted by Crippen LogP contribution is -2.44. The van der Waals surface area contributed by atoms with Crippen LogP contribution in [0.25, 0.3) is 0 Å². The number of nitrogens with zero attached hydrogens (tertiary/aromatic N) is 1. The molecule has 0 aliphatic carbocycles. The van der Waals surface area contributed by atoms with Crippen LogP contribution in [0.2, 0.25) is 0 Å². The summed E-state index contributed by atoms with van der Waals surface area (Å²) in [6, 6.07) is 8.08. The van der Waals surface area contributed by atoms with Crippen LogP contribution < -0.4 is 10.6 Å². The van der Waals surface area contributed by atoms with E-state index >= 15 is 0 Å². The maximum Gasteiger partial charge on any atom is 0.191 e. The number of thiophene rings is 1. The Hall–Kier alpha value is -1.40. The van der Waals surface area contributed by atoms with Gasteiger partial charge in [-0.15, -0.1) is 11.3 Å². The van der Waals surface area contributed by atoms with Crippen LogP contribution in [0, 0.1) is 0 Å². The number of furan rings is 1. The number of hydrogen-bond acceptors (Lipinski definition) is 4. The molecule has 23 heavy (non-hydrogen) atoms. The minimum Gasteiger partial charge on any atom is -0.469 e. The van der Waals surface area contributed by atoms with E-state index in [2.05, 4.69) is 53.2 Å². The highest BCUT2D eigenvalue weighted by atomic mass is 32.2. The van der Waals surface area contributed by atoms with Gasteiger partial charge in [-0.3, -0.25) is 0 Å². The summed E-state index contributed by atoms with van der Waals surface area (Å²) in [5.41, 5.74) is 0. The average Bonchev–Trinajstić information content (AvgIpc) is 3.23. The van der Waals surface area contributed by atoms with Crippen LogP contribution in [0.3, 0.4) is 0 Å². The first kappa shape index (κ1) is 17.9. The van der Waals surface area contributed by atoms with Crippen molar-refractivity contribution in [3.05, 3.63) is 46.5 Å². The number of hydrogen-bond donors (Lipinski definition) is 2. The van der Waals surface area contributed by atoms with Gasteiger partial charge >= 0.3 is 0 Å². The van der Waals surface area contributed by atoms with Crippen LogP contribution in [0.15, 0.2) is 45.3 Å². The Balaban J connectivity index is 1.88. The van der Waals surface area contributed by atoms with Gasteiger partial charge < -0.3 is 15.1 Å². The Kier molecular flexibility index (Phi) is 7.05. The molecular formula is C17H25N3OS2. The summed E-state index contributed by atoms with van der Waals surface area (Å²) in [7, 11) is 0. The summed E-state index contributed by atoms with van der Waals surface area (Å²) in [5, 5.41) is 8.92. The molecule has 0 atom stereocenters. The molecule has 0 bridgehead atoms. The van der Waals surface area contributed by atoms with Crippen molar-refractivity contribution in [1.82, 2.24) is 10.6 Å². The molecule has 0 saturated carbocycles. The molecule has 6 heteroatoms. The summed E-state index contributed by atoms with van der Waals surface area (Å²) < 4.78 is 5.54. The molecular weight excluding hydrogens is 326 g/mol. The van der Waals surface area contributed by atoms with Gasteiger partial charge in [0.1, 0.15) is 5.76 Å². The van der Waals surface area contributed by atoms with E-state index in [4.69, 9.17) is 4.42 Å². The monoisotopic (exact) mass is 351 g/mol. The largest absolute Gasteiger partial charge is 0.469 e. The molecule has 4 nitrogen and oxygen atoms in total. The van der Waals surface area contributed by atoms with Crippen LogP contribution >= 0.6 is 23.1 Å². The van der Waals surface area contributed by atoms with E-state index in [1.54, 1.807) is 17.6 Å². The van der Waals surface area contributed by atoms with Crippen molar-refractivity contribution in [3.8, 4) is 0 Å². The van der Waals surface area contributed by atoms with Crippen molar-refractivity contribution >= 4 is 29.1 Å². The minimum atomic E-state index is 0.173. The molecule has 2 rings (SSSR count). The lowest BCUT2D eigenvalue weighted by molar-refractivity contribution is 0.506. The third-order valence-corrected chi connectivity index (χ3v) is 5.56. The molecule has 0 aromatic carbocycles. The fourth-order valence-electron chi connectivity index (χ4n) is 1.86. The molecule has 0 amide bonds. The third kappa shape index (κ3) is 6.71. The Morgan fingerprint density at radius 3 is 2.83 bits per heavy atom. The van der Waals surface area contributed by atoms with E-state index in [1.807, 2.05) is 23.9 Å². The van der Waals surface area contributed by atoms with Gasteiger partial charge in [0.15, 0.2) is 5.96 Å². The fraction of sp³-hybridized carbons (Fsp3) is 0.471. The van der Waals surface area contributed by atoms with E-state index in [9.17, 15) is 0 Å². The first-order valence-corrected chi connectivity index (χ1v) is 9.81. The Morgan fingerprint density at radius 1 is 1.30 bits per heavy atom. The SMILES string of the molecule is CSC(C)(C)CNC(=NCc1cccs1)NCCc1ccco1. The summed E-state index contributed by atoms with van der Waals surface area (Å²) in [4.78, 5) is 5.95. The molecule has 2 aromatic heterocycles. The molecule has 0 aliphatic heterocycles. The molecule has 2 heterocycles. The second-order valence-corrected chi connectivity index (χ2v) is 8.36. The maximum absolute atomic E-state index is 5.36. The molecule has 0 aliphatic rings. The van der Waals surface area contributed by atoms with Gasteiger partial charge in [0.2, 0.25) is 0 Å². The normalized spacial score (nSPS) is 12.4. The number of aliphatic imine (C=N–C) groups is 1. The van der Waals surface area contributed by atoms with E-state index < -0.39 is 0 Å². The van der Waals surface area contributed by atoms with Crippen molar-refractivity contribution in [1.29, 1.82) is 0 Å². The molecule has 0 saturated heterocycles. The van der Waals surface area contributed by atoms with Crippen molar-refractivity contribution in [2.24, 2.45) is 4.99 Å². The molecule has 0 spiro atoms. The third-order valence-electron chi connectivity index (χ3n) is 3.45. The molecule has 126 valence electrons. The Labute approximate surface area is 146 Å². The molecule has 2 aromatic rings. The van der Waals surface area contributed by atoms with Gasteiger partial charge in [-0.05, 0) is 43.7 Å². The van der Waals surface area contributed by atoms with E-state index in [0.717, 1.165) is 31.2 Å². The lowest BCUT2D eigenvalue weighted by atomic mass is 10.2. The highest BCUT2D eigenvalue weighted by Crippen LogP contribution is 2.19. The van der Waals surface area contributed by atoms with E-state index in [-0.39, 0.29) is 4.75 Å². The van der Waals surface area contributed by atoms with Crippen LogP contribution in [-0.2, 0) is 13.0 Å². The van der Waals surface area contributed by atoms with Gasteiger partial charge in [-0.1, -0.05) is 6.07 Å². The quantitative estimate of drug-likeness (QED) is 0.562. The predicted molar refractivity (Wildman–Crippen MR) is 101 cm³/mol. The number of guanidine groups is 1. The van der Waals surface area contributed by atoms with Crippen LogP contribution in [-0.4, -0.2) is 30.1 Å². The van der Waals surface area contributed by atoms with Crippen molar-refractivity contribution in [2.75, 3.05) is 19.3 Å². The second-order valence-electron chi connectivity index (χ2n) is 5.82. The number of nitrogens with one attached hydrogen (secondary N) is 2. The second kappa shape index (κ2) is 9.03. The summed E-state index contributed by atoms with van der Waals surface area (Å²) in [5.74, 6) is 1.84. The van der Waals surface area contributed by atoms with E-state index in [0.29, 0.717) is 6.54 Å². The van der Waals surface area contributed by atoms with Crippen LogP contribution in [0.1, 0.15) is 24.5 Å². The Bertz CT molecular complexity index is 577. The molecule has 0 fully saturated rings. The van der Waals surface area contributed by atoms with E-state index in [1.165, 1.54) is 4.88 Å². The average molecular weight is 352 g/mol. The maximum atomic E-state index is 5.36. The molecule has 2 N–H and O–H groups in total. The van der Waals surface area contributed by atoms with Gasteiger partial charge in [0, 0.05) is 29.1 Å². The van der Waals surface area contributed by atoms with Crippen molar-refractivity contribution in [3.63, 3.8) is 0 Å². The predicted octanol–water partition coefficient (Wildman–Crippen LogP) is 3.76. The summed E-state index contributed by atoms with van der Waals surface area (Å²) in [6.07, 6.45) is 4.69. The highest BCUT2D eigenvalue weighted by Gasteiger charge is 2.16. The topological polar surface area (TPSA) is 49.6 Å². The minimum absolute atomic E-state index is 0.173. The lowest BCUT2D eigenvalue weighted by Gasteiger charge is -2.24. The summed E-state index contributed by atoms with van der Waals surface area (Å²) >= 11 is 3.58. The van der Waals surface area contributed by atoms with Gasteiger partial charge in [0.25, 0.3) is 0 Å². The number of rotatable bonds is 8. The van der Waals surface area contributed by atoms with Crippen LogP contribution in [0.4, 0.5) is 0 Å². The zero-order valence-corrected chi connectivity index (χ0v) is 15.6. The first-order valence-electron chi connectivity index (χ1n) is 7.71. The van der Waals surface area contributed by atoms with Gasteiger partial charge in [-0.2, -0.15) is 11.8 Å². The summed E-state index contributed by atoms with van der Waals surface area (Å²) in [6.45, 7) is 6.82.